The van der Waals surface area contributed by atoms with E-state index in [-0.39, 0.29) is 0 Å². The van der Waals surface area contributed by atoms with Gasteiger partial charge in [-0.1, -0.05) is 13.0 Å². The molecule has 0 aromatic carbocycles. The van der Waals surface area contributed by atoms with Crippen LogP contribution in [0.5, 0.6) is 0 Å². The molecule has 0 saturated carbocycles. The molecule has 4 nitrogen and oxygen atoms in total. The molecule has 2 rings (SSSR count). The summed E-state index contributed by atoms with van der Waals surface area (Å²) in [5.74, 6) is 0.924. The average Bonchev–Trinajstić information content (AvgIpc) is 2.62. The molecule has 0 saturated heterocycles. The maximum atomic E-state index is 10.4. The van der Waals surface area contributed by atoms with Crippen molar-refractivity contribution in [3.8, 4) is 0 Å². The van der Waals surface area contributed by atoms with E-state index in [2.05, 4.69) is 10.2 Å². The third-order valence-electron chi connectivity index (χ3n) is 2.21. The Kier molecular flexibility index (Phi) is 2.26. The zero-order chi connectivity index (χ0) is 9.97. The van der Waals surface area contributed by atoms with Gasteiger partial charge in [-0.3, -0.25) is 4.40 Å². The lowest BCUT2D eigenvalue weighted by Crippen LogP contribution is -1.95. The van der Waals surface area contributed by atoms with Crippen LogP contribution in [0.1, 0.15) is 18.3 Å². The fourth-order valence-corrected chi connectivity index (χ4v) is 1.51. The molecular formula is C10H11N3O. The van der Waals surface area contributed by atoms with Gasteiger partial charge < -0.3 is 4.79 Å². The molecule has 2 heterocycles. The molecule has 2 aromatic rings. The van der Waals surface area contributed by atoms with E-state index in [1.807, 2.05) is 29.7 Å². The molecule has 0 unspecified atom stereocenters. The first-order chi connectivity index (χ1) is 6.86. The van der Waals surface area contributed by atoms with E-state index in [1.54, 1.807) is 0 Å². The SMILES string of the molecule is CCc1nnc2c(CC=O)cccn12. The number of aldehydes is 1. The van der Waals surface area contributed by atoms with E-state index in [0.29, 0.717) is 6.42 Å². The Morgan fingerprint density at radius 2 is 2.36 bits per heavy atom. The average molecular weight is 189 g/mol. The number of aryl methyl sites for hydroxylation is 1. The van der Waals surface area contributed by atoms with Crippen molar-refractivity contribution in [2.45, 2.75) is 19.8 Å². The molecule has 0 aliphatic heterocycles. The minimum absolute atomic E-state index is 0.395. The molecule has 0 N–H and O–H groups in total. The van der Waals surface area contributed by atoms with Crippen molar-refractivity contribution in [3.05, 3.63) is 29.7 Å². The summed E-state index contributed by atoms with van der Waals surface area (Å²) in [4.78, 5) is 10.4. The van der Waals surface area contributed by atoms with E-state index < -0.39 is 0 Å². The predicted molar refractivity (Wildman–Crippen MR) is 52.1 cm³/mol. The monoisotopic (exact) mass is 189 g/mol. The molecule has 4 heteroatoms. The smallest absolute Gasteiger partial charge is 0.164 e. The second kappa shape index (κ2) is 3.57. The molecule has 0 aliphatic rings. The largest absolute Gasteiger partial charge is 0.303 e. The lowest BCUT2D eigenvalue weighted by atomic mass is 10.2. The van der Waals surface area contributed by atoms with Crippen molar-refractivity contribution in [2.75, 3.05) is 0 Å². The van der Waals surface area contributed by atoms with E-state index in [9.17, 15) is 4.79 Å². The summed E-state index contributed by atoms with van der Waals surface area (Å²) >= 11 is 0. The van der Waals surface area contributed by atoms with Crippen molar-refractivity contribution in [1.29, 1.82) is 0 Å². The van der Waals surface area contributed by atoms with Gasteiger partial charge in [-0.2, -0.15) is 0 Å². The number of rotatable bonds is 3. The zero-order valence-corrected chi connectivity index (χ0v) is 7.97. The minimum Gasteiger partial charge on any atom is -0.303 e. The molecule has 14 heavy (non-hydrogen) atoms. The minimum atomic E-state index is 0.395. The third-order valence-corrected chi connectivity index (χ3v) is 2.21. The summed E-state index contributed by atoms with van der Waals surface area (Å²) in [5.41, 5.74) is 1.71. The van der Waals surface area contributed by atoms with E-state index in [0.717, 1.165) is 29.7 Å². The number of carbonyl (C=O) groups excluding carboxylic acids is 1. The summed E-state index contributed by atoms with van der Waals surface area (Å²) in [6.07, 6.45) is 4.04. The van der Waals surface area contributed by atoms with Crippen LogP contribution in [0.25, 0.3) is 5.65 Å². The van der Waals surface area contributed by atoms with Crippen molar-refractivity contribution < 1.29 is 4.79 Å². The lowest BCUT2D eigenvalue weighted by Gasteiger charge is -1.99. The highest BCUT2D eigenvalue weighted by molar-refractivity contribution is 5.61. The molecule has 0 atom stereocenters. The second-order valence-electron chi connectivity index (χ2n) is 3.07. The van der Waals surface area contributed by atoms with Crippen LogP contribution in [0.3, 0.4) is 0 Å². The predicted octanol–water partition coefficient (Wildman–Crippen LogP) is 1.03. The molecule has 0 amide bonds. The Balaban J connectivity index is 2.63. The first-order valence-corrected chi connectivity index (χ1v) is 4.62. The summed E-state index contributed by atoms with van der Waals surface area (Å²) in [7, 11) is 0. The molecular weight excluding hydrogens is 178 g/mol. The molecule has 0 bridgehead atoms. The molecule has 2 aromatic heterocycles. The van der Waals surface area contributed by atoms with Gasteiger partial charge >= 0.3 is 0 Å². The van der Waals surface area contributed by atoms with Crippen molar-refractivity contribution in [1.82, 2.24) is 14.6 Å². The first kappa shape index (κ1) is 8.87. The van der Waals surface area contributed by atoms with E-state index in [1.165, 1.54) is 0 Å². The van der Waals surface area contributed by atoms with Crippen LogP contribution in [0, 0.1) is 0 Å². The third kappa shape index (κ3) is 1.28. The molecule has 72 valence electrons. The Bertz CT molecular complexity index is 461. The Morgan fingerprint density at radius 3 is 3.07 bits per heavy atom. The standard InChI is InChI=1S/C10H11N3O/c1-2-9-11-12-10-8(5-7-14)4-3-6-13(9)10/h3-4,6-7H,2,5H2,1H3. The van der Waals surface area contributed by atoms with Crippen LogP contribution in [0.4, 0.5) is 0 Å². The van der Waals surface area contributed by atoms with Crippen LogP contribution in [0.2, 0.25) is 0 Å². The summed E-state index contributed by atoms with van der Waals surface area (Å²) < 4.78 is 1.93. The summed E-state index contributed by atoms with van der Waals surface area (Å²) in [5, 5.41) is 8.12. The van der Waals surface area contributed by atoms with Crippen molar-refractivity contribution in [3.63, 3.8) is 0 Å². The molecule has 0 spiro atoms. The topological polar surface area (TPSA) is 47.3 Å². The van der Waals surface area contributed by atoms with Crippen molar-refractivity contribution >= 4 is 11.9 Å². The second-order valence-corrected chi connectivity index (χ2v) is 3.07. The number of aromatic nitrogens is 3. The number of nitrogens with zero attached hydrogens (tertiary/aromatic N) is 3. The number of carbonyl (C=O) groups is 1. The Labute approximate surface area is 81.6 Å². The van der Waals surface area contributed by atoms with E-state index >= 15 is 0 Å². The number of hydrogen-bond acceptors (Lipinski definition) is 3. The van der Waals surface area contributed by atoms with Gasteiger partial charge in [-0.15, -0.1) is 10.2 Å². The highest BCUT2D eigenvalue weighted by Crippen LogP contribution is 2.10. The number of hydrogen-bond donors (Lipinski definition) is 0. The number of fused-ring (bicyclic) bond motifs is 1. The zero-order valence-electron chi connectivity index (χ0n) is 7.97. The van der Waals surface area contributed by atoms with Gasteiger partial charge in [0.2, 0.25) is 0 Å². The van der Waals surface area contributed by atoms with Gasteiger partial charge in [-0.05, 0) is 6.07 Å². The van der Waals surface area contributed by atoms with Crippen LogP contribution < -0.4 is 0 Å². The van der Waals surface area contributed by atoms with Crippen LogP contribution in [-0.4, -0.2) is 20.9 Å². The molecule has 0 fully saturated rings. The fraction of sp³-hybridized carbons (Fsp3) is 0.300. The van der Waals surface area contributed by atoms with Crippen LogP contribution in [-0.2, 0) is 17.6 Å². The highest BCUT2D eigenvalue weighted by Gasteiger charge is 2.06. The number of pyridine rings is 1. The van der Waals surface area contributed by atoms with Gasteiger partial charge in [0.1, 0.15) is 12.1 Å². The quantitative estimate of drug-likeness (QED) is 0.677. The normalized spacial score (nSPS) is 10.6. The van der Waals surface area contributed by atoms with Gasteiger partial charge in [-0.25, -0.2) is 0 Å². The summed E-state index contributed by atoms with van der Waals surface area (Å²) in [6.45, 7) is 2.03. The maximum Gasteiger partial charge on any atom is 0.164 e. The van der Waals surface area contributed by atoms with Crippen LogP contribution in [0.15, 0.2) is 18.3 Å². The van der Waals surface area contributed by atoms with Crippen molar-refractivity contribution in [2.24, 2.45) is 0 Å². The molecule has 0 aliphatic carbocycles. The maximum absolute atomic E-state index is 10.4. The van der Waals surface area contributed by atoms with Crippen LogP contribution >= 0.6 is 0 Å². The Hall–Kier alpha value is -1.71. The lowest BCUT2D eigenvalue weighted by molar-refractivity contribution is -0.107. The first-order valence-electron chi connectivity index (χ1n) is 4.62. The molecule has 0 radical (unpaired) electrons. The van der Waals surface area contributed by atoms with Gasteiger partial charge in [0.25, 0.3) is 0 Å². The van der Waals surface area contributed by atoms with Gasteiger partial charge in [0, 0.05) is 24.6 Å². The summed E-state index contributed by atoms with van der Waals surface area (Å²) in [6, 6.07) is 3.81. The Morgan fingerprint density at radius 1 is 1.50 bits per heavy atom. The van der Waals surface area contributed by atoms with E-state index in [4.69, 9.17) is 0 Å². The van der Waals surface area contributed by atoms with Gasteiger partial charge in [0.15, 0.2) is 5.65 Å². The fourth-order valence-electron chi connectivity index (χ4n) is 1.51. The van der Waals surface area contributed by atoms with Gasteiger partial charge in [0.05, 0.1) is 0 Å². The highest BCUT2D eigenvalue weighted by atomic mass is 16.1.